The van der Waals surface area contributed by atoms with Gasteiger partial charge in [-0.25, -0.2) is 0 Å². The molecule has 1 aromatic heterocycles. The van der Waals surface area contributed by atoms with Gasteiger partial charge in [0.15, 0.2) is 0 Å². The molecule has 3 rings (SSSR count). The first-order chi connectivity index (χ1) is 11.6. The van der Waals surface area contributed by atoms with Gasteiger partial charge >= 0.3 is 0 Å². The summed E-state index contributed by atoms with van der Waals surface area (Å²) in [5.74, 6) is 0.478. The first kappa shape index (κ1) is 19.5. The molecule has 0 atom stereocenters. The number of carbonyl (C=O) groups is 1. The number of likely N-dealkylation sites (tertiary alicyclic amines) is 1. The number of benzene rings is 1. The number of para-hydroxylation sites is 1. The van der Waals surface area contributed by atoms with Gasteiger partial charge in [0, 0.05) is 24.0 Å². The average Bonchev–Trinajstić information content (AvgIpc) is 2.60. The van der Waals surface area contributed by atoms with E-state index in [1.807, 2.05) is 36.1 Å². The van der Waals surface area contributed by atoms with Crippen molar-refractivity contribution in [2.24, 2.45) is 5.92 Å². The number of H-pyrrole nitrogens is 1. The summed E-state index contributed by atoms with van der Waals surface area (Å²) in [5.41, 5.74) is 1.56. The van der Waals surface area contributed by atoms with Crippen molar-refractivity contribution >= 4 is 29.2 Å². The molecule has 1 aliphatic heterocycles. The summed E-state index contributed by atoms with van der Waals surface area (Å²) in [6, 6.07) is 7.62. The minimum absolute atomic E-state index is 0. The molecule has 2 aromatic rings. The third kappa shape index (κ3) is 4.05. The van der Waals surface area contributed by atoms with Crippen molar-refractivity contribution in [2.45, 2.75) is 26.7 Å². The number of nitrogens with one attached hydrogen (secondary N) is 2. The summed E-state index contributed by atoms with van der Waals surface area (Å²) in [6.07, 6.45) is 1.98. The number of carbonyl (C=O) groups excluding carboxylic acids is 1. The monoisotopic (exact) mass is 363 g/mol. The molecule has 136 valence electrons. The second-order valence-corrected chi connectivity index (χ2v) is 6.54. The first-order valence-electron chi connectivity index (χ1n) is 8.73. The molecule has 2 N–H and O–H groups in total. The molecule has 1 saturated heterocycles. The van der Waals surface area contributed by atoms with Crippen LogP contribution in [0.3, 0.4) is 0 Å². The zero-order chi connectivity index (χ0) is 17.1. The number of amides is 1. The van der Waals surface area contributed by atoms with Crippen LogP contribution < -0.4 is 10.9 Å². The standard InChI is InChI=1S/C19H25N3O2.ClH/c1-3-20-12-14-8-10-22(11-9-14)19(24)17-13(2)15-6-4-5-7-16(15)21-18(17)23;/h4-7,14,20H,3,8-12H2,1-2H3,(H,21,23);1H. The summed E-state index contributed by atoms with van der Waals surface area (Å²) < 4.78 is 0. The maximum absolute atomic E-state index is 12.9. The highest BCUT2D eigenvalue weighted by Gasteiger charge is 2.26. The van der Waals surface area contributed by atoms with Crippen LogP contribution in [0.15, 0.2) is 29.1 Å². The third-order valence-corrected chi connectivity index (χ3v) is 4.98. The Morgan fingerprint density at radius 1 is 1.28 bits per heavy atom. The van der Waals surface area contributed by atoms with E-state index in [0.717, 1.165) is 55.5 Å². The molecule has 0 bridgehead atoms. The molecule has 0 radical (unpaired) electrons. The second kappa shape index (κ2) is 8.50. The number of rotatable bonds is 4. The molecule has 0 spiro atoms. The fourth-order valence-corrected chi connectivity index (χ4v) is 3.51. The van der Waals surface area contributed by atoms with Gasteiger partial charge in [-0.3, -0.25) is 9.59 Å². The molecule has 0 unspecified atom stereocenters. The average molecular weight is 364 g/mol. The van der Waals surface area contributed by atoms with Crippen molar-refractivity contribution in [3.63, 3.8) is 0 Å². The van der Waals surface area contributed by atoms with Gasteiger partial charge in [0.05, 0.1) is 0 Å². The number of halogens is 1. The lowest BCUT2D eigenvalue weighted by atomic mass is 9.95. The molecule has 0 aliphatic carbocycles. The van der Waals surface area contributed by atoms with Crippen molar-refractivity contribution in [2.75, 3.05) is 26.2 Å². The number of nitrogens with zero attached hydrogens (tertiary/aromatic N) is 1. The number of fused-ring (bicyclic) bond motifs is 1. The predicted molar refractivity (Wildman–Crippen MR) is 104 cm³/mol. The quantitative estimate of drug-likeness (QED) is 0.877. The Bertz CT molecular complexity index is 795. The van der Waals surface area contributed by atoms with E-state index in [1.54, 1.807) is 0 Å². The van der Waals surface area contributed by atoms with Crippen LogP contribution in [0.5, 0.6) is 0 Å². The molecule has 6 heteroatoms. The van der Waals surface area contributed by atoms with Crippen LogP contribution >= 0.6 is 12.4 Å². The molecule has 25 heavy (non-hydrogen) atoms. The van der Waals surface area contributed by atoms with Gasteiger partial charge in [0.2, 0.25) is 0 Å². The Balaban J connectivity index is 0.00000225. The largest absolute Gasteiger partial charge is 0.338 e. The topological polar surface area (TPSA) is 65.2 Å². The van der Waals surface area contributed by atoms with E-state index in [-0.39, 0.29) is 23.9 Å². The number of aryl methyl sites for hydroxylation is 1. The van der Waals surface area contributed by atoms with Gasteiger partial charge in [0.25, 0.3) is 11.5 Å². The van der Waals surface area contributed by atoms with Crippen LogP contribution in [0.2, 0.25) is 0 Å². The van der Waals surface area contributed by atoms with Crippen molar-refractivity contribution in [3.05, 3.63) is 45.7 Å². The molecule has 2 heterocycles. The molecular formula is C19H26ClN3O2. The fraction of sp³-hybridized carbons (Fsp3) is 0.474. The maximum atomic E-state index is 12.9. The lowest BCUT2D eigenvalue weighted by Crippen LogP contribution is -2.42. The van der Waals surface area contributed by atoms with Crippen LogP contribution in [-0.4, -0.2) is 42.0 Å². The van der Waals surface area contributed by atoms with Crippen molar-refractivity contribution in [1.82, 2.24) is 15.2 Å². The van der Waals surface area contributed by atoms with E-state index in [9.17, 15) is 9.59 Å². The predicted octanol–water partition coefficient (Wildman–Crippen LogP) is 2.72. The molecule has 1 amide bonds. The number of aromatic nitrogens is 1. The smallest absolute Gasteiger partial charge is 0.261 e. The molecule has 0 saturated carbocycles. The zero-order valence-corrected chi connectivity index (χ0v) is 15.6. The SMILES string of the molecule is CCNCC1CCN(C(=O)c2c(C)c3ccccc3[nH]c2=O)CC1.Cl. The highest BCUT2D eigenvalue weighted by atomic mass is 35.5. The summed E-state index contributed by atoms with van der Waals surface area (Å²) in [4.78, 5) is 30.0. The number of hydrogen-bond acceptors (Lipinski definition) is 3. The molecular weight excluding hydrogens is 338 g/mol. The number of pyridine rings is 1. The fourth-order valence-electron chi connectivity index (χ4n) is 3.51. The van der Waals surface area contributed by atoms with Crippen LogP contribution in [0.25, 0.3) is 10.9 Å². The Labute approximate surface area is 154 Å². The number of piperidine rings is 1. The summed E-state index contributed by atoms with van der Waals surface area (Å²) in [5, 5.41) is 4.31. The van der Waals surface area contributed by atoms with Gasteiger partial charge in [0.1, 0.15) is 5.56 Å². The first-order valence-corrected chi connectivity index (χ1v) is 8.73. The minimum atomic E-state index is -0.286. The zero-order valence-electron chi connectivity index (χ0n) is 14.8. The van der Waals surface area contributed by atoms with Crippen molar-refractivity contribution in [3.8, 4) is 0 Å². The second-order valence-electron chi connectivity index (χ2n) is 6.54. The Morgan fingerprint density at radius 2 is 1.96 bits per heavy atom. The van der Waals surface area contributed by atoms with E-state index in [2.05, 4.69) is 17.2 Å². The van der Waals surface area contributed by atoms with Gasteiger partial charge in [-0.2, -0.15) is 0 Å². The van der Waals surface area contributed by atoms with Gasteiger partial charge < -0.3 is 15.2 Å². The summed E-state index contributed by atoms with van der Waals surface area (Å²) in [7, 11) is 0. The summed E-state index contributed by atoms with van der Waals surface area (Å²) >= 11 is 0. The van der Waals surface area contributed by atoms with Gasteiger partial charge in [-0.05, 0) is 50.4 Å². The van der Waals surface area contributed by atoms with E-state index in [4.69, 9.17) is 0 Å². The van der Waals surface area contributed by atoms with Crippen molar-refractivity contribution < 1.29 is 4.79 Å². The molecule has 1 fully saturated rings. The normalized spacial score (nSPS) is 15.2. The molecule has 5 nitrogen and oxygen atoms in total. The Kier molecular flexibility index (Phi) is 6.62. The lowest BCUT2D eigenvalue weighted by molar-refractivity contribution is 0.0688. The van der Waals surface area contributed by atoms with Crippen LogP contribution in [0.4, 0.5) is 0 Å². The highest BCUT2D eigenvalue weighted by molar-refractivity contribution is 5.99. The molecule has 1 aliphatic rings. The van der Waals surface area contributed by atoms with Crippen molar-refractivity contribution in [1.29, 1.82) is 0 Å². The van der Waals surface area contributed by atoms with E-state index in [1.165, 1.54) is 0 Å². The Morgan fingerprint density at radius 3 is 2.64 bits per heavy atom. The van der Waals surface area contributed by atoms with Crippen LogP contribution in [-0.2, 0) is 0 Å². The van der Waals surface area contributed by atoms with E-state index < -0.39 is 0 Å². The highest BCUT2D eigenvalue weighted by Crippen LogP contribution is 2.21. The molecule has 1 aromatic carbocycles. The maximum Gasteiger partial charge on any atom is 0.261 e. The van der Waals surface area contributed by atoms with Gasteiger partial charge in [-0.15, -0.1) is 12.4 Å². The van der Waals surface area contributed by atoms with E-state index >= 15 is 0 Å². The number of hydrogen-bond donors (Lipinski definition) is 2. The van der Waals surface area contributed by atoms with Gasteiger partial charge in [-0.1, -0.05) is 25.1 Å². The number of aromatic amines is 1. The lowest BCUT2D eigenvalue weighted by Gasteiger charge is -2.32. The van der Waals surface area contributed by atoms with E-state index in [0.29, 0.717) is 11.5 Å². The Hall–Kier alpha value is -1.85. The minimum Gasteiger partial charge on any atom is -0.338 e. The van der Waals surface area contributed by atoms with Crippen LogP contribution in [0.1, 0.15) is 35.7 Å². The van der Waals surface area contributed by atoms with Crippen LogP contribution in [0, 0.1) is 12.8 Å². The third-order valence-electron chi connectivity index (χ3n) is 4.98. The summed E-state index contributed by atoms with van der Waals surface area (Å²) in [6.45, 7) is 7.40.